The van der Waals surface area contributed by atoms with Crippen LogP contribution in [-0.2, 0) is 4.79 Å². The molecule has 0 aromatic rings. The number of rotatable bonds is 5. The molecule has 0 aliphatic heterocycles. The van der Waals surface area contributed by atoms with Crippen molar-refractivity contribution in [3.05, 3.63) is 0 Å². The van der Waals surface area contributed by atoms with Gasteiger partial charge in [0.25, 0.3) is 0 Å². The largest absolute Gasteiger partial charge is 0.393 e. The minimum Gasteiger partial charge on any atom is -0.393 e. The summed E-state index contributed by atoms with van der Waals surface area (Å²) in [5.74, 6) is 6.24. The molecule has 30 heavy (non-hydrogen) atoms. The fourth-order valence-corrected chi connectivity index (χ4v) is 9.80. The number of ketones is 1. The first-order valence-corrected chi connectivity index (χ1v) is 13.3. The van der Waals surface area contributed by atoms with E-state index in [0.717, 1.165) is 54.8 Å². The molecule has 2 heteroatoms. The molecule has 0 spiro atoms. The van der Waals surface area contributed by atoms with Gasteiger partial charge in [0.1, 0.15) is 5.78 Å². The molecule has 0 amide bonds. The second-order valence-electron chi connectivity index (χ2n) is 12.8. The number of hydrogen-bond donors (Lipinski definition) is 1. The zero-order valence-corrected chi connectivity index (χ0v) is 20.6. The third-order valence-corrected chi connectivity index (χ3v) is 11.5. The van der Waals surface area contributed by atoms with Crippen molar-refractivity contribution < 1.29 is 9.90 Å². The Morgan fingerprint density at radius 3 is 2.30 bits per heavy atom. The Balaban J connectivity index is 1.57. The van der Waals surface area contributed by atoms with Gasteiger partial charge in [0.15, 0.2) is 0 Å². The Hall–Kier alpha value is -0.370. The van der Waals surface area contributed by atoms with Gasteiger partial charge in [-0.2, -0.15) is 0 Å². The summed E-state index contributed by atoms with van der Waals surface area (Å²) in [5, 5.41) is 10.4. The van der Waals surface area contributed by atoms with E-state index >= 15 is 0 Å². The van der Waals surface area contributed by atoms with Gasteiger partial charge in [-0.3, -0.25) is 4.79 Å². The molecule has 4 rings (SSSR count). The number of aliphatic hydroxyl groups excluding tert-OH is 1. The third kappa shape index (κ3) is 3.52. The average molecular weight is 417 g/mol. The highest BCUT2D eigenvalue weighted by Gasteiger charge is 2.62. The maximum atomic E-state index is 11.9. The van der Waals surface area contributed by atoms with Crippen molar-refractivity contribution in [2.75, 3.05) is 0 Å². The molecule has 0 aromatic heterocycles. The van der Waals surface area contributed by atoms with Crippen LogP contribution in [0.5, 0.6) is 0 Å². The summed E-state index contributed by atoms with van der Waals surface area (Å²) in [6.07, 6.45) is 12.7. The molecular weight excluding hydrogens is 368 g/mol. The van der Waals surface area contributed by atoms with Crippen molar-refractivity contribution >= 4 is 5.78 Å². The molecular formula is C28H48O2. The summed E-state index contributed by atoms with van der Waals surface area (Å²) in [7, 11) is 0. The molecule has 1 N–H and O–H groups in total. The van der Waals surface area contributed by atoms with Gasteiger partial charge in [0.05, 0.1) is 6.10 Å². The minimum absolute atomic E-state index is 0.0532. The van der Waals surface area contributed by atoms with Crippen LogP contribution in [0.4, 0.5) is 0 Å². The van der Waals surface area contributed by atoms with Crippen LogP contribution in [0.3, 0.4) is 0 Å². The van der Waals surface area contributed by atoms with E-state index in [-0.39, 0.29) is 12.0 Å². The predicted molar refractivity (Wildman–Crippen MR) is 124 cm³/mol. The number of carbonyl (C=O) groups is 1. The molecule has 11 atom stereocenters. The van der Waals surface area contributed by atoms with Crippen LogP contribution in [0, 0.1) is 58.2 Å². The van der Waals surface area contributed by atoms with E-state index in [1.807, 2.05) is 0 Å². The van der Waals surface area contributed by atoms with Gasteiger partial charge in [-0.25, -0.2) is 0 Å². The molecule has 172 valence electrons. The van der Waals surface area contributed by atoms with E-state index in [9.17, 15) is 9.90 Å². The molecule has 4 aliphatic rings. The van der Waals surface area contributed by atoms with Crippen molar-refractivity contribution in [2.24, 2.45) is 58.2 Å². The SMILES string of the molecule is CC[C@H]1CC2C(CC[C@@]3(C)C2CC[C@@H]3[C@H](C)C[C@H](C)C(C)=O)[C@@]2(C)CC[C@@H](O)CC12. The molecule has 4 unspecified atom stereocenters. The Kier molecular flexibility index (Phi) is 6.23. The lowest BCUT2D eigenvalue weighted by Crippen LogP contribution is -2.56. The van der Waals surface area contributed by atoms with Crippen molar-refractivity contribution in [3.63, 3.8) is 0 Å². The molecule has 0 radical (unpaired) electrons. The summed E-state index contributed by atoms with van der Waals surface area (Å²) in [5.41, 5.74) is 0.934. The second kappa shape index (κ2) is 8.20. The summed E-state index contributed by atoms with van der Waals surface area (Å²) in [6, 6.07) is 0. The standard InChI is InChI=1S/C28H48O2/c1-7-20-15-22-24-9-8-23(18(3)14-17(2)19(4)29)27(24,5)13-11-25(22)28(6)12-10-21(30)16-26(20)28/h17-18,20-26,30H,7-16H2,1-6H3/t17-,18+,20-,21+,22?,23+,24?,25?,26?,27+,28+/m0/s1. The highest BCUT2D eigenvalue weighted by Crippen LogP contribution is 2.69. The molecule has 0 bridgehead atoms. The molecule has 0 saturated heterocycles. The minimum atomic E-state index is -0.0532. The number of carbonyl (C=O) groups excluding carboxylic acids is 1. The number of hydrogen-bond acceptors (Lipinski definition) is 2. The number of aliphatic hydroxyl groups is 1. The second-order valence-corrected chi connectivity index (χ2v) is 12.8. The average Bonchev–Trinajstić information content (AvgIpc) is 3.05. The summed E-state index contributed by atoms with van der Waals surface area (Å²) >= 11 is 0. The maximum Gasteiger partial charge on any atom is 0.132 e. The van der Waals surface area contributed by atoms with Gasteiger partial charge in [-0.15, -0.1) is 0 Å². The topological polar surface area (TPSA) is 37.3 Å². The van der Waals surface area contributed by atoms with E-state index in [1.54, 1.807) is 6.92 Å². The molecule has 4 aliphatic carbocycles. The van der Waals surface area contributed by atoms with Crippen molar-refractivity contribution in [2.45, 2.75) is 112 Å². The van der Waals surface area contributed by atoms with Gasteiger partial charge in [-0.05, 0) is 117 Å². The maximum absolute atomic E-state index is 11.9. The van der Waals surface area contributed by atoms with Gasteiger partial charge in [-0.1, -0.05) is 41.0 Å². The first-order chi connectivity index (χ1) is 14.1. The zero-order valence-electron chi connectivity index (χ0n) is 20.6. The van der Waals surface area contributed by atoms with E-state index in [0.29, 0.717) is 22.5 Å². The number of fused-ring (bicyclic) bond motifs is 5. The lowest BCUT2D eigenvalue weighted by molar-refractivity contribution is -0.152. The Labute approximate surface area is 186 Å². The first kappa shape index (κ1) is 22.8. The molecule has 4 fully saturated rings. The van der Waals surface area contributed by atoms with Crippen LogP contribution in [-0.4, -0.2) is 17.0 Å². The van der Waals surface area contributed by atoms with Crippen LogP contribution < -0.4 is 0 Å². The lowest BCUT2D eigenvalue weighted by Gasteiger charge is -2.63. The summed E-state index contributed by atoms with van der Waals surface area (Å²) in [6.45, 7) is 14.0. The van der Waals surface area contributed by atoms with E-state index in [4.69, 9.17) is 0 Å². The van der Waals surface area contributed by atoms with E-state index in [1.165, 1.54) is 44.9 Å². The van der Waals surface area contributed by atoms with E-state index in [2.05, 4.69) is 34.6 Å². The van der Waals surface area contributed by atoms with Crippen LogP contribution >= 0.6 is 0 Å². The van der Waals surface area contributed by atoms with Gasteiger partial charge < -0.3 is 5.11 Å². The normalized spacial score (nSPS) is 50.2. The summed E-state index contributed by atoms with van der Waals surface area (Å²) < 4.78 is 0. The monoisotopic (exact) mass is 416 g/mol. The Morgan fingerprint density at radius 1 is 0.967 bits per heavy atom. The van der Waals surface area contributed by atoms with Crippen LogP contribution in [0.2, 0.25) is 0 Å². The lowest BCUT2D eigenvalue weighted by atomic mass is 9.42. The Morgan fingerprint density at radius 2 is 1.63 bits per heavy atom. The molecule has 2 nitrogen and oxygen atoms in total. The van der Waals surface area contributed by atoms with Crippen molar-refractivity contribution in [1.82, 2.24) is 0 Å². The van der Waals surface area contributed by atoms with Crippen LogP contribution in [0.1, 0.15) is 106 Å². The molecule has 0 aromatic carbocycles. The van der Waals surface area contributed by atoms with Gasteiger partial charge in [0.2, 0.25) is 0 Å². The fraction of sp³-hybridized carbons (Fsp3) is 0.964. The molecule has 0 heterocycles. The van der Waals surface area contributed by atoms with Gasteiger partial charge >= 0.3 is 0 Å². The number of Topliss-reactive ketones (excluding diaryl/α,β-unsaturated/α-hetero) is 1. The fourth-order valence-electron chi connectivity index (χ4n) is 9.80. The van der Waals surface area contributed by atoms with E-state index < -0.39 is 0 Å². The van der Waals surface area contributed by atoms with Crippen LogP contribution in [0.25, 0.3) is 0 Å². The first-order valence-electron chi connectivity index (χ1n) is 13.3. The highest BCUT2D eigenvalue weighted by atomic mass is 16.3. The predicted octanol–water partition coefficient (Wildman–Crippen LogP) is 6.89. The van der Waals surface area contributed by atoms with Gasteiger partial charge in [0, 0.05) is 5.92 Å². The van der Waals surface area contributed by atoms with Crippen LogP contribution in [0.15, 0.2) is 0 Å². The van der Waals surface area contributed by atoms with Crippen molar-refractivity contribution in [3.8, 4) is 0 Å². The van der Waals surface area contributed by atoms with Crippen molar-refractivity contribution in [1.29, 1.82) is 0 Å². The summed E-state index contributed by atoms with van der Waals surface area (Å²) in [4.78, 5) is 11.9. The Bertz CT molecular complexity index is 643. The highest BCUT2D eigenvalue weighted by molar-refractivity contribution is 5.77. The third-order valence-electron chi connectivity index (χ3n) is 11.5. The zero-order chi connectivity index (χ0) is 21.8. The quantitative estimate of drug-likeness (QED) is 0.529. The smallest absolute Gasteiger partial charge is 0.132 e. The molecule has 4 saturated carbocycles.